The van der Waals surface area contributed by atoms with Crippen LogP contribution in [0.25, 0.3) is 0 Å². The Labute approximate surface area is 91.0 Å². The summed E-state index contributed by atoms with van der Waals surface area (Å²) in [5.41, 5.74) is 5.33. The maximum Gasteiger partial charge on any atom is 0.0963 e. The van der Waals surface area contributed by atoms with Crippen molar-refractivity contribution in [1.29, 1.82) is 5.41 Å². The van der Waals surface area contributed by atoms with E-state index in [0.717, 1.165) is 30.8 Å². The van der Waals surface area contributed by atoms with Crippen LogP contribution in [-0.2, 0) is 0 Å². The Balaban J connectivity index is 3.40. The molecule has 0 saturated carbocycles. The van der Waals surface area contributed by atoms with Crippen LogP contribution in [0.2, 0.25) is 0 Å². The summed E-state index contributed by atoms with van der Waals surface area (Å²) >= 11 is 1.78. The highest BCUT2D eigenvalue weighted by Crippen LogP contribution is 2.23. The third-order valence-corrected chi connectivity index (χ3v) is 3.35. The minimum atomic E-state index is -0.151. The normalized spacial score (nSPS) is 11.6. The molecular formula is C10H22N2OS. The van der Waals surface area contributed by atoms with Crippen LogP contribution in [0.1, 0.15) is 33.1 Å². The average molecular weight is 218 g/mol. The summed E-state index contributed by atoms with van der Waals surface area (Å²) in [7, 11) is 0. The first kappa shape index (κ1) is 13.8. The van der Waals surface area contributed by atoms with Crippen LogP contribution in [0, 0.1) is 10.8 Å². The van der Waals surface area contributed by atoms with Gasteiger partial charge in [-0.25, -0.2) is 0 Å². The molecule has 0 rings (SSSR count). The van der Waals surface area contributed by atoms with Gasteiger partial charge in [0.15, 0.2) is 0 Å². The predicted molar refractivity (Wildman–Crippen MR) is 64.0 cm³/mol. The van der Waals surface area contributed by atoms with Gasteiger partial charge in [0.1, 0.15) is 0 Å². The molecule has 0 atom stereocenters. The van der Waals surface area contributed by atoms with Crippen molar-refractivity contribution in [2.24, 2.45) is 11.1 Å². The lowest BCUT2D eigenvalue weighted by Gasteiger charge is -2.22. The minimum absolute atomic E-state index is 0.151. The van der Waals surface area contributed by atoms with Gasteiger partial charge in [0.25, 0.3) is 0 Å². The first-order chi connectivity index (χ1) is 6.50. The molecule has 3 nitrogen and oxygen atoms in total. The van der Waals surface area contributed by atoms with E-state index in [1.165, 1.54) is 0 Å². The summed E-state index contributed by atoms with van der Waals surface area (Å²) in [6.45, 7) is 4.29. The fraction of sp³-hybridized carbons (Fsp3) is 0.900. The molecule has 4 heteroatoms. The van der Waals surface area contributed by atoms with Gasteiger partial charge in [-0.1, -0.05) is 20.3 Å². The van der Waals surface area contributed by atoms with Crippen molar-refractivity contribution < 1.29 is 5.11 Å². The van der Waals surface area contributed by atoms with Gasteiger partial charge in [0, 0.05) is 11.2 Å². The van der Waals surface area contributed by atoms with Gasteiger partial charge in [0.2, 0.25) is 0 Å². The van der Waals surface area contributed by atoms with Crippen LogP contribution in [0.4, 0.5) is 0 Å². The fourth-order valence-corrected chi connectivity index (χ4v) is 1.81. The highest BCUT2D eigenvalue weighted by atomic mass is 32.2. The topological polar surface area (TPSA) is 70.1 Å². The maximum atomic E-state index is 8.56. The van der Waals surface area contributed by atoms with Crippen LogP contribution in [-0.4, -0.2) is 29.1 Å². The first-order valence-corrected chi connectivity index (χ1v) is 6.19. The van der Waals surface area contributed by atoms with E-state index in [1.54, 1.807) is 11.8 Å². The SMILES string of the molecule is CC(C)(CCCCSCCO)C(=N)N. The number of thioether (sulfide) groups is 1. The van der Waals surface area contributed by atoms with Crippen LogP contribution in [0.3, 0.4) is 0 Å². The summed E-state index contributed by atoms with van der Waals surface area (Å²) in [4.78, 5) is 0. The minimum Gasteiger partial charge on any atom is -0.396 e. The zero-order chi connectivity index (χ0) is 11.0. The molecule has 0 amide bonds. The molecule has 0 aliphatic heterocycles. The van der Waals surface area contributed by atoms with Crippen molar-refractivity contribution in [2.75, 3.05) is 18.1 Å². The highest BCUT2D eigenvalue weighted by Gasteiger charge is 2.20. The number of unbranched alkanes of at least 4 members (excludes halogenated alkanes) is 1. The van der Waals surface area contributed by atoms with Gasteiger partial charge >= 0.3 is 0 Å². The molecule has 0 unspecified atom stereocenters. The first-order valence-electron chi connectivity index (χ1n) is 5.04. The van der Waals surface area contributed by atoms with Gasteiger partial charge in [-0.3, -0.25) is 5.41 Å². The summed E-state index contributed by atoms with van der Waals surface area (Å²) in [5.74, 6) is 2.20. The third-order valence-electron chi connectivity index (χ3n) is 2.31. The van der Waals surface area contributed by atoms with E-state index in [1.807, 2.05) is 13.8 Å². The number of nitrogens with one attached hydrogen (secondary N) is 1. The molecule has 0 heterocycles. The molecule has 0 aromatic heterocycles. The molecule has 0 saturated heterocycles. The summed E-state index contributed by atoms with van der Waals surface area (Å²) in [5, 5.41) is 15.9. The Morgan fingerprint density at radius 2 is 2.00 bits per heavy atom. The number of aliphatic hydroxyl groups is 1. The van der Waals surface area contributed by atoms with Crippen LogP contribution < -0.4 is 5.73 Å². The molecule has 0 radical (unpaired) electrons. The third kappa shape index (κ3) is 6.27. The molecule has 0 aromatic carbocycles. The summed E-state index contributed by atoms with van der Waals surface area (Å²) in [6.07, 6.45) is 3.22. The van der Waals surface area contributed by atoms with Crippen LogP contribution in [0.5, 0.6) is 0 Å². The van der Waals surface area contributed by atoms with Crippen molar-refractivity contribution in [3.05, 3.63) is 0 Å². The van der Waals surface area contributed by atoms with E-state index >= 15 is 0 Å². The van der Waals surface area contributed by atoms with Crippen molar-refractivity contribution in [2.45, 2.75) is 33.1 Å². The maximum absolute atomic E-state index is 8.56. The predicted octanol–water partition coefficient (Wildman–Crippen LogP) is 1.84. The molecule has 0 bridgehead atoms. The number of hydrogen-bond acceptors (Lipinski definition) is 3. The van der Waals surface area contributed by atoms with E-state index in [9.17, 15) is 0 Å². The van der Waals surface area contributed by atoms with Crippen molar-refractivity contribution >= 4 is 17.6 Å². The molecule has 0 aromatic rings. The molecule has 14 heavy (non-hydrogen) atoms. The van der Waals surface area contributed by atoms with Gasteiger partial charge in [-0.05, 0) is 18.6 Å². The Bertz CT molecular complexity index is 172. The Morgan fingerprint density at radius 1 is 1.36 bits per heavy atom. The molecule has 4 N–H and O–H groups in total. The second-order valence-electron chi connectivity index (χ2n) is 4.09. The smallest absolute Gasteiger partial charge is 0.0963 e. The van der Waals surface area contributed by atoms with Crippen LogP contribution in [0.15, 0.2) is 0 Å². The number of amidine groups is 1. The Kier molecular flexibility index (Phi) is 7.01. The molecule has 0 aliphatic rings. The van der Waals surface area contributed by atoms with E-state index in [2.05, 4.69) is 0 Å². The second kappa shape index (κ2) is 7.12. The van der Waals surface area contributed by atoms with E-state index in [4.69, 9.17) is 16.2 Å². The van der Waals surface area contributed by atoms with Gasteiger partial charge in [0.05, 0.1) is 12.4 Å². The van der Waals surface area contributed by atoms with Crippen LogP contribution >= 0.6 is 11.8 Å². The summed E-state index contributed by atoms with van der Waals surface area (Å²) in [6, 6.07) is 0. The quantitative estimate of drug-likeness (QED) is 0.331. The second-order valence-corrected chi connectivity index (χ2v) is 5.32. The van der Waals surface area contributed by atoms with E-state index < -0.39 is 0 Å². The zero-order valence-corrected chi connectivity index (χ0v) is 9.99. The lowest BCUT2D eigenvalue weighted by atomic mass is 9.86. The van der Waals surface area contributed by atoms with Crippen molar-refractivity contribution in [1.82, 2.24) is 0 Å². The number of hydrogen-bond donors (Lipinski definition) is 3. The standard InChI is InChI=1S/C10H22N2OS/c1-10(2,9(11)12)5-3-4-7-14-8-6-13/h13H,3-8H2,1-2H3,(H3,11,12). The van der Waals surface area contributed by atoms with Gasteiger partial charge in [-0.15, -0.1) is 0 Å². The molecule has 84 valence electrons. The van der Waals surface area contributed by atoms with Gasteiger partial charge in [-0.2, -0.15) is 11.8 Å². The zero-order valence-electron chi connectivity index (χ0n) is 9.18. The molecule has 0 aliphatic carbocycles. The van der Waals surface area contributed by atoms with Crippen molar-refractivity contribution in [3.63, 3.8) is 0 Å². The lowest BCUT2D eigenvalue weighted by Crippen LogP contribution is -2.30. The molecule has 0 spiro atoms. The summed E-state index contributed by atoms with van der Waals surface area (Å²) < 4.78 is 0. The number of aliphatic hydroxyl groups excluding tert-OH is 1. The van der Waals surface area contributed by atoms with E-state index in [0.29, 0.717) is 0 Å². The highest BCUT2D eigenvalue weighted by molar-refractivity contribution is 7.99. The number of rotatable bonds is 8. The lowest BCUT2D eigenvalue weighted by molar-refractivity contribution is 0.322. The largest absolute Gasteiger partial charge is 0.396 e. The average Bonchev–Trinajstić information content (AvgIpc) is 2.10. The molecular weight excluding hydrogens is 196 g/mol. The molecule has 0 fully saturated rings. The Morgan fingerprint density at radius 3 is 2.50 bits per heavy atom. The van der Waals surface area contributed by atoms with Gasteiger partial charge < -0.3 is 10.8 Å². The fourth-order valence-electron chi connectivity index (χ4n) is 1.07. The van der Waals surface area contributed by atoms with E-state index in [-0.39, 0.29) is 17.9 Å². The monoisotopic (exact) mass is 218 g/mol. The number of nitrogens with two attached hydrogens (primary N) is 1. The van der Waals surface area contributed by atoms with Crippen molar-refractivity contribution in [3.8, 4) is 0 Å². The Hall–Kier alpha value is -0.220.